The average molecular weight is 412 g/mol. The van der Waals surface area contributed by atoms with E-state index in [1.807, 2.05) is 25.1 Å². The van der Waals surface area contributed by atoms with Gasteiger partial charge in [-0.05, 0) is 50.8 Å². The molecule has 2 aliphatic rings. The fourth-order valence-corrected chi connectivity index (χ4v) is 4.69. The number of nitriles is 1. The Bertz CT molecular complexity index is 1130. The van der Waals surface area contributed by atoms with Gasteiger partial charge < -0.3 is 15.4 Å². The second-order valence-corrected chi connectivity index (χ2v) is 8.22. The highest BCUT2D eigenvalue weighted by Gasteiger charge is 2.40. The third-order valence-corrected chi connectivity index (χ3v) is 6.15. The Kier molecular flexibility index (Phi) is 5.00. The van der Waals surface area contributed by atoms with Gasteiger partial charge in [-0.25, -0.2) is 15.0 Å². The Hall–Kier alpha value is -3.50. The summed E-state index contributed by atoms with van der Waals surface area (Å²) in [6.45, 7) is 2.37. The van der Waals surface area contributed by atoms with Crippen molar-refractivity contribution in [2.45, 2.75) is 51.2 Å². The molecular formula is C24H24N6O. The molecule has 2 aliphatic heterocycles. The summed E-state index contributed by atoms with van der Waals surface area (Å²) in [6.07, 6.45) is 8.37. The van der Waals surface area contributed by atoms with Crippen LogP contribution in [0.15, 0.2) is 42.7 Å². The highest BCUT2D eigenvalue weighted by atomic mass is 16.5. The van der Waals surface area contributed by atoms with Crippen LogP contribution >= 0.6 is 0 Å². The standard InChI is InChI=1S/C24H24N6O/c1-15-8-20(10-23(29-15)30-18-3-4-19(30)6-5-18)31-22-9-16(11-25)2-7-21(22)24-27-13-17(12-26)14-28-24/h2,7-10,13-14,18-19H,3-6,12,26H2,1H3. The number of ether oxygens (including phenoxy) is 1. The van der Waals surface area contributed by atoms with Gasteiger partial charge >= 0.3 is 0 Å². The van der Waals surface area contributed by atoms with Gasteiger partial charge in [-0.15, -0.1) is 0 Å². The number of nitrogens with zero attached hydrogens (tertiary/aromatic N) is 5. The molecule has 7 heteroatoms. The van der Waals surface area contributed by atoms with Crippen molar-refractivity contribution in [3.8, 4) is 29.0 Å². The Labute approximate surface area is 181 Å². The third-order valence-electron chi connectivity index (χ3n) is 6.15. The summed E-state index contributed by atoms with van der Waals surface area (Å²) in [7, 11) is 0. The van der Waals surface area contributed by atoms with Crippen LogP contribution in [0.25, 0.3) is 11.4 Å². The van der Waals surface area contributed by atoms with E-state index in [1.54, 1.807) is 24.5 Å². The van der Waals surface area contributed by atoms with E-state index in [1.165, 1.54) is 25.7 Å². The van der Waals surface area contributed by atoms with Crippen molar-refractivity contribution >= 4 is 5.82 Å². The fourth-order valence-electron chi connectivity index (χ4n) is 4.69. The maximum atomic E-state index is 9.39. The Morgan fingerprint density at radius 1 is 1.10 bits per heavy atom. The number of nitrogens with two attached hydrogens (primary N) is 1. The molecule has 31 heavy (non-hydrogen) atoms. The van der Waals surface area contributed by atoms with E-state index in [0.29, 0.717) is 41.5 Å². The Balaban J connectivity index is 1.51. The SMILES string of the molecule is Cc1cc(Oc2cc(C#N)ccc2-c2ncc(CN)cn2)cc(N2C3CCC2CC3)n1. The van der Waals surface area contributed by atoms with Crippen molar-refractivity contribution in [2.75, 3.05) is 4.90 Å². The molecule has 0 aliphatic carbocycles. The zero-order valence-electron chi connectivity index (χ0n) is 17.5. The van der Waals surface area contributed by atoms with Crippen LogP contribution in [0.1, 0.15) is 42.5 Å². The van der Waals surface area contributed by atoms with Gasteiger partial charge in [-0.1, -0.05) is 0 Å². The van der Waals surface area contributed by atoms with E-state index < -0.39 is 0 Å². The molecule has 2 fully saturated rings. The Morgan fingerprint density at radius 2 is 1.81 bits per heavy atom. The normalized spacial score (nSPS) is 19.5. The van der Waals surface area contributed by atoms with E-state index in [4.69, 9.17) is 15.5 Å². The largest absolute Gasteiger partial charge is 0.456 e. The van der Waals surface area contributed by atoms with Crippen molar-refractivity contribution < 1.29 is 4.74 Å². The first-order valence-electron chi connectivity index (χ1n) is 10.6. The summed E-state index contributed by atoms with van der Waals surface area (Å²) < 4.78 is 6.31. The monoisotopic (exact) mass is 412 g/mol. The summed E-state index contributed by atoms with van der Waals surface area (Å²) in [4.78, 5) is 16.1. The minimum absolute atomic E-state index is 0.383. The van der Waals surface area contributed by atoms with Gasteiger partial charge in [0, 0.05) is 54.4 Å². The predicted molar refractivity (Wildman–Crippen MR) is 118 cm³/mol. The number of rotatable bonds is 5. The summed E-state index contributed by atoms with van der Waals surface area (Å²) in [5, 5.41) is 9.39. The maximum absolute atomic E-state index is 9.39. The van der Waals surface area contributed by atoms with Gasteiger partial charge in [-0.3, -0.25) is 0 Å². The molecule has 0 atom stereocenters. The van der Waals surface area contributed by atoms with E-state index in [2.05, 4.69) is 20.9 Å². The van der Waals surface area contributed by atoms with Crippen molar-refractivity contribution in [3.63, 3.8) is 0 Å². The van der Waals surface area contributed by atoms with Crippen LogP contribution in [-0.4, -0.2) is 27.0 Å². The lowest BCUT2D eigenvalue weighted by molar-refractivity contribution is 0.482. The first-order chi connectivity index (χ1) is 15.1. The molecule has 2 bridgehead atoms. The van der Waals surface area contributed by atoms with E-state index in [0.717, 1.165) is 22.6 Å². The fraction of sp³-hybridized carbons (Fsp3) is 0.333. The number of hydrogen-bond acceptors (Lipinski definition) is 7. The molecule has 1 aromatic carbocycles. The first-order valence-corrected chi connectivity index (χ1v) is 10.6. The number of fused-ring (bicyclic) bond motifs is 2. The highest BCUT2D eigenvalue weighted by Crippen LogP contribution is 2.42. The van der Waals surface area contributed by atoms with Crippen LogP contribution in [0.4, 0.5) is 5.82 Å². The molecule has 5 rings (SSSR count). The molecule has 0 saturated carbocycles. The zero-order valence-corrected chi connectivity index (χ0v) is 17.5. The van der Waals surface area contributed by atoms with Gasteiger partial charge in [0.25, 0.3) is 0 Å². The zero-order chi connectivity index (χ0) is 21.4. The number of anilines is 1. The number of benzene rings is 1. The van der Waals surface area contributed by atoms with E-state index >= 15 is 0 Å². The topological polar surface area (TPSA) is 101 Å². The van der Waals surface area contributed by atoms with Gasteiger partial charge in [0.15, 0.2) is 5.82 Å². The lowest BCUT2D eigenvalue weighted by atomic mass is 10.0. The van der Waals surface area contributed by atoms with Gasteiger partial charge in [-0.2, -0.15) is 5.26 Å². The van der Waals surface area contributed by atoms with Gasteiger partial charge in [0.05, 0.1) is 17.2 Å². The van der Waals surface area contributed by atoms with Crippen LogP contribution in [-0.2, 0) is 6.54 Å². The van der Waals surface area contributed by atoms with E-state index in [9.17, 15) is 5.26 Å². The van der Waals surface area contributed by atoms with Crippen LogP contribution in [0, 0.1) is 18.3 Å². The number of hydrogen-bond donors (Lipinski definition) is 1. The molecule has 0 amide bonds. The van der Waals surface area contributed by atoms with Gasteiger partial charge in [0.1, 0.15) is 17.3 Å². The molecular weight excluding hydrogens is 388 g/mol. The number of aromatic nitrogens is 3. The van der Waals surface area contributed by atoms with Crippen LogP contribution in [0.3, 0.4) is 0 Å². The van der Waals surface area contributed by atoms with Crippen molar-refractivity contribution in [1.82, 2.24) is 15.0 Å². The molecule has 0 unspecified atom stereocenters. The van der Waals surface area contributed by atoms with Crippen molar-refractivity contribution in [3.05, 3.63) is 59.5 Å². The molecule has 2 N–H and O–H groups in total. The second kappa shape index (κ2) is 7.97. The molecule has 7 nitrogen and oxygen atoms in total. The highest BCUT2D eigenvalue weighted by molar-refractivity contribution is 5.67. The van der Waals surface area contributed by atoms with Gasteiger partial charge in [0.2, 0.25) is 0 Å². The molecule has 0 radical (unpaired) electrons. The molecule has 2 aromatic heterocycles. The predicted octanol–water partition coefficient (Wildman–Crippen LogP) is 4.10. The van der Waals surface area contributed by atoms with Crippen LogP contribution in [0.5, 0.6) is 11.5 Å². The molecule has 3 aromatic rings. The molecule has 4 heterocycles. The minimum Gasteiger partial charge on any atom is -0.456 e. The lowest BCUT2D eigenvalue weighted by Gasteiger charge is -2.24. The van der Waals surface area contributed by atoms with E-state index in [-0.39, 0.29) is 0 Å². The molecule has 0 spiro atoms. The van der Waals surface area contributed by atoms with Crippen molar-refractivity contribution in [1.29, 1.82) is 5.26 Å². The smallest absolute Gasteiger partial charge is 0.162 e. The first kappa shape index (κ1) is 19.5. The lowest BCUT2D eigenvalue weighted by Crippen LogP contribution is -2.29. The summed E-state index contributed by atoms with van der Waals surface area (Å²) in [6, 6.07) is 12.6. The van der Waals surface area contributed by atoms with Crippen LogP contribution < -0.4 is 15.4 Å². The van der Waals surface area contributed by atoms with Crippen molar-refractivity contribution in [2.24, 2.45) is 5.73 Å². The summed E-state index contributed by atoms with van der Waals surface area (Å²) in [5.41, 5.74) is 8.66. The Morgan fingerprint density at radius 3 is 2.45 bits per heavy atom. The molecule has 156 valence electrons. The average Bonchev–Trinajstić information content (AvgIpc) is 3.39. The quantitative estimate of drug-likeness (QED) is 0.673. The molecule has 2 saturated heterocycles. The van der Waals surface area contributed by atoms with Crippen LogP contribution in [0.2, 0.25) is 0 Å². The number of aryl methyl sites for hydroxylation is 1. The second-order valence-electron chi connectivity index (χ2n) is 8.22. The minimum atomic E-state index is 0.383. The third kappa shape index (κ3) is 3.71. The number of pyridine rings is 1. The summed E-state index contributed by atoms with van der Waals surface area (Å²) >= 11 is 0. The maximum Gasteiger partial charge on any atom is 0.162 e. The summed E-state index contributed by atoms with van der Waals surface area (Å²) in [5.74, 6) is 2.74.